The molecule has 0 bridgehead atoms. The first-order valence-electron chi connectivity index (χ1n) is 23.1. The Morgan fingerprint density at radius 2 is 1.62 bits per heavy atom. The maximum atomic E-state index is 14.5. The van der Waals surface area contributed by atoms with Crippen molar-refractivity contribution in [3.8, 4) is 0 Å². The number of aliphatic hydroxyl groups excluding tert-OH is 2. The predicted molar refractivity (Wildman–Crippen MR) is 232 cm³/mol. The van der Waals surface area contributed by atoms with Crippen LogP contribution in [0.3, 0.4) is 0 Å². The maximum absolute atomic E-state index is 14.5. The summed E-state index contributed by atoms with van der Waals surface area (Å²) in [5.41, 5.74) is -0.321. The lowest BCUT2D eigenvalue weighted by Crippen LogP contribution is -2.57. The van der Waals surface area contributed by atoms with Gasteiger partial charge in [-0.25, -0.2) is 32.7 Å². The third-order valence-corrected chi connectivity index (χ3v) is 12.5. The molecule has 404 valence electrons. The van der Waals surface area contributed by atoms with Crippen LogP contribution in [-0.4, -0.2) is 196 Å². The number of carbonyl (C=O) groups excluding carboxylic acids is 2. The van der Waals surface area contributed by atoms with Gasteiger partial charge in [0.05, 0.1) is 121 Å². The average Bonchev–Trinajstić information content (AvgIpc) is 4.07. The van der Waals surface area contributed by atoms with Crippen molar-refractivity contribution in [3.63, 3.8) is 0 Å². The van der Waals surface area contributed by atoms with Crippen LogP contribution in [0, 0.1) is 12.8 Å². The van der Waals surface area contributed by atoms with Crippen LogP contribution in [0.25, 0.3) is 5.65 Å². The van der Waals surface area contributed by atoms with Crippen molar-refractivity contribution < 1.29 is 88.0 Å². The number of anilines is 1. The molecule has 4 aromatic heterocycles. The Balaban J connectivity index is 0.833. The monoisotopic (exact) mass is 1050 g/mol. The summed E-state index contributed by atoms with van der Waals surface area (Å²) in [5.74, 6) is -4.22. The fourth-order valence-electron chi connectivity index (χ4n) is 8.64. The van der Waals surface area contributed by atoms with Crippen molar-refractivity contribution in [1.29, 1.82) is 0 Å². The van der Waals surface area contributed by atoms with Gasteiger partial charge in [0.15, 0.2) is 17.0 Å². The number of amides is 3. The number of aromatic nitrogens is 7. The molecule has 2 unspecified atom stereocenters. The van der Waals surface area contributed by atoms with Crippen LogP contribution < -0.4 is 10.6 Å². The van der Waals surface area contributed by atoms with Crippen molar-refractivity contribution in [1.82, 2.24) is 50.0 Å². The summed E-state index contributed by atoms with van der Waals surface area (Å²) in [4.78, 5) is 40.3. The number of alkyl halides is 8. The van der Waals surface area contributed by atoms with Gasteiger partial charge in [0.25, 0.3) is 5.91 Å². The van der Waals surface area contributed by atoms with Gasteiger partial charge < -0.3 is 59.1 Å². The Hall–Kier alpha value is -5.50. The summed E-state index contributed by atoms with van der Waals surface area (Å²) < 4.78 is 150. The zero-order valence-corrected chi connectivity index (χ0v) is 39.4. The standard InChI is InChI=1S/C43H55F8N11O11/c1-24-35(59-73-58-24)39(65)57-36(25-3-5-41(44,45)6-4-25)27-19-62-34(55-27)15-26(16-53-62)29(22-67-2)61-20-32(43(49,50)51)60(40(61)66)7-8-68-9-10-69-11-12-70-13-14-71-23-30-38(64)37(63)28(21-72-30)54-33-18-52-17-31(56-33)42(46,47)48/h15-19,25,28-30,32,36-38,63-64H,3-14,20-23H2,1-2H3,(H,54,56)(H,57,65)/t28-,29?,30+,32-,36?,37+,38-/m0/s1. The zero-order valence-electron chi connectivity index (χ0n) is 39.4. The quantitative estimate of drug-likeness (QED) is 0.0578. The second-order valence-electron chi connectivity index (χ2n) is 17.6. The fraction of sp³-hybridized carbons (Fsp3) is 0.674. The highest BCUT2D eigenvalue weighted by molar-refractivity contribution is 5.93. The van der Waals surface area contributed by atoms with E-state index in [0.717, 1.165) is 11.1 Å². The minimum absolute atomic E-state index is 0.00998. The van der Waals surface area contributed by atoms with Gasteiger partial charge in [-0.05, 0) is 36.9 Å². The second-order valence-corrected chi connectivity index (χ2v) is 17.6. The highest BCUT2D eigenvalue weighted by atomic mass is 19.4. The lowest BCUT2D eigenvalue weighted by atomic mass is 9.81. The van der Waals surface area contributed by atoms with Crippen LogP contribution in [0.5, 0.6) is 0 Å². The van der Waals surface area contributed by atoms with Crippen molar-refractivity contribution in [2.45, 2.75) is 93.4 Å². The summed E-state index contributed by atoms with van der Waals surface area (Å²) in [6.45, 7) is 0.133. The minimum Gasteiger partial charge on any atom is -0.388 e. The van der Waals surface area contributed by atoms with Crippen molar-refractivity contribution in [3.05, 3.63) is 59.2 Å². The van der Waals surface area contributed by atoms with Crippen LogP contribution in [-0.2, 0) is 34.6 Å². The number of hydrogen-bond donors (Lipinski definition) is 4. The third kappa shape index (κ3) is 14.2. The molecule has 3 aliphatic rings. The molecule has 0 aromatic carbocycles. The Bertz CT molecular complexity index is 2430. The Morgan fingerprint density at radius 1 is 0.932 bits per heavy atom. The van der Waals surface area contributed by atoms with Crippen molar-refractivity contribution >= 4 is 23.4 Å². The largest absolute Gasteiger partial charge is 0.434 e. The molecule has 0 spiro atoms. The van der Waals surface area contributed by atoms with E-state index in [1.807, 2.05) is 0 Å². The molecule has 3 amide bonds. The summed E-state index contributed by atoms with van der Waals surface area (Å²) in [7, 11) is 1.33. The number of carbonyl (C=O) groups is 2. The van der Waals surface area contributed by atoms with Crippen LogP contribution >= 0.6 is 0 Å². The number of ether oxygens (including phenoxy) is 6. The number of nitrogens with zero attached hydrogens (tertiary/aromatic N) is 9. The molecule has 3 fully saturated rings. The number of aryl methyl sites for hydroxylation is 1. The molecule has 30 heteroatoms. The SMILES string of the molecule is COCC(c1cnn2cc(C(NC(=O)c3nonc3C)C3CCC(F)(F)CC3)nc2c1)N1C[C@@H](C(F)(F)F)N(CCOCCOCCOCCOC[C@H]2OC[C@H](Nc3cncc(C(F)(F)F)n3)[C@@H](O)[C@H]2O)C1=O. The summed E-state index contributed by atoms with van der Waals surface area (Å²) in [6.07, 6.45) is -9.50. The van der Waals surface area contributed by atoms with E-state index < -0.39 is 110 Å². The number of rotatable bonds is 24. The molecule has 7 rings (SSSR count). The number of methoxy groups -OCH3 is 1. The molecule has 2 aliphatic heterocycles. The number of fused-ring (bicyclic) bond motifs is 1. The highest BCUT2D eigenvalue weighted by Gasteiger charge is 2.54. The van der Waals surface area contributed by atoms with Crippen LogP contribution in [0.15, 0.2) is 35.5 Å². The van der Waals surface area contributed by atoms with E-state index >= 15 is 0 Å². The normalized spacial score (nSPS) is 22.8. The first kappa shape index (κ1) is 55.3. The molecule has 0 radical (unpaired) electrons. The number of imidazole rings is 1. The van der Waals surface area contributed by atoms with Gasteiger partial charge in [0.1, 0.15) is 35.9 Å². The lowest BCUT2D eigenvalue weighted by Gasteiger charge is -2.38. The molecular formula is C43H55F8N11O11. The molecular weight excluding hydrogens is 999 g/mol. The van der Waals surface area contributed by atoms with Gasteiger partial charge >= 0.3 is 18.4 Å². The predicted octanol–water partition coefficient (Wildman–Crippen LogP) is 3.55. The number of hydrogen-bond acceptors (Lipinski definition) is 18. The summed E-state index contributed by atoms with van der Waals surface area (Å²) >= 11 is 0. The minimum atomic E-state index is -4.80. The van der Waals surface area contributed by atoms with E-state index in [4.69, 9.17) is 28.4 Å². The molecule has 6 heterocycles. The topological polar surface area (TPSA) is 255 Å². The third-order valence-electron chi connectivity index (χ3n) is 12.5. The van der Waals surface area contributed by atoms with Crippen molar-refractivity contribution in [2.75, 3.05) is 91.6 Å². The van der Waals surface area contributed by atoms with E-state index in [1.54, 1.807) is 0 Å². The van der Waals surface area contributed by atoms with Crippen LogP contribution in [0.1, 0.15) is 70.9 Å². The first-order valence-corrected chi connectivity index (χ1v) is 23.1. The molecule has 4 aromatic rings. The molecule has 1 saturated carbocycles. The van der Waals surface area contributed by atoms with Crippen LogP contribution in [0.2, 0.25) is 0 Å². The molecule has 73 heavy (non-hydrogen) atoms. The molecule has 22 nitrogen and oxygen atoms in total. The van der Waals surface area contributed by atoms with Gasteiger partial charge in [-0.1, -0.05) is 5.16 Å². The Labute approximate surface area is 410 Å². The molecule has 7 atom stereocenters. The molecule has 4 N–H and O–H groups in total. The van der Waals surface area contributed by atoms with Gasteiger partial charge in [-0.15, -0.1) is 0 Å². The Morgan fingerprint density at radius 3 is 2.26 bits per heavy atom. The fourth-order valence-corrected chi connectivity index (χ4v) is 8.64. The molecule has 2 saturated heterocycles. The Kier molecular flexibility index (Phi) is 18.3. The number of halogens is 8. The van der Waals surface area contributed by atoms with E-state index in [9.17, 15) is 54.9 Å². The van der Waals surface area contributed by atoms with Gasteiger partial charge in [0.2, 0.25) is 5.92 Å². The van der Waals surface area contributed by atoms with E-state index in [0.29, 0.717) is 16.7 Å². The average molecular weight is 1050 g/mol. The zero-order chi connectivity index (χ0) is 52.5. The number of urea groups is 1. The van der Waals surface area contributed by atoms with Gasteiger partial charge in [-0.3, -0.25) is 9.78 Å². The summed E-state index contributed by atoms with van der Waals surface area (Å²) in [5, 5.41) is 38.1. The first-order chi connectivity index (χ1) is 34.7. The lowest BCUT2D eigenvalue weighted by molar-refractivity contribution is -0.170. The number of aliphatic hydroxyl groups is 2. The summed E-state index contributed by atoms with van der Waals surface area (Å²) in [6, 6.07) is -4.45. The molecule has 1 aliphatic carbocycles. The number of nitrogens with one attached hydrogen (secondary N) is 2. The van der Waals surface area contributed by atoms with Gasteiger partial charge in [0, 0.05) is 32.1 Å². The van der Waals surface area contributed by atoms with Crippen molar-refractivity contribution in [2.24, 2.45) is 5.92 Å². The maximum Gasteiger partial charge on any atom is 0.434 e. The van der Waals surface area contributed by atoms with E-state index in [1.165, 1.54) is 37.0 Å². The van der Waals surface area contributed by atoms with E-state index in [2.05, 4.69) is 45.6 Å². The van der Waals surface area contributed by atoms with E-state index in [-0.39, 0.29) is 107 Å². The smallest absolute Gasteiger partial charge is 0.388 e. The van der Waals surface area contributed by atoms with Crippen LogP contribution in [0.4, 0.5) is 45.7 Å². The highest BCUT2D eigenvalue weighted by Crippen LogP contribution is 2.42. The van der Waals surface area contributed by atoms with Gasteiger partial charge in [-0.2, -0.15) is 31.4 Å². The second kappa shape index (κ2) is 24.2.